The molecule has 1 aliphatic rings. The minimum absolute atomic E-state index is 0. The summed E-state index contributed by atoms with van der Waals surface area (Å²) in [6.07, 6.45) is 0.0846. The van der Waals surface area contributed by atoms with Crippen LogP contribution in [-0.2, 0) is 17.9 Å². The van der Waals surface area contributed by atoms with Gasteiger partial charge < -0.3 is 20.6 Å². The molecule has 0 spiro atoms. The second-order valence-electron chi connectivity index (χ2n) is 5.72. The van der Waals surface area contributed by atoms with Crippen LogP contribution in [0.15, 0.2) is 24.3 Å². The van der Waals surface area contributed by atoms with E-state index in [1.807, 2.05) is 12.1 Å². The maximum Gasteiger partial charge on any atom is 0.237 e. The lowest BCUT2D eigenvalue weighted by Gasteiger charge is -2.15. The molecule has 1 heterocycles. The zero-order chi connectivity index (χ0) is 15.2. The Hall–Kier alpha value is -0.850. The number of carbonyl (C=O) groups excluding carboxylic acids is 1. The monoisotopic (exact) mass is 363 g/mol. The molecule has 0 aliphatic carbocycles. The number of nitrogens with one attached hydrogen (secondary N) is 2. The highest BCUT2D eigenvalue weighted by atomic mass is 35.5. The number of carbonyl (C=O) groups is 1. The maximum absolute atomic E-state index is 12.0. The Labute approximate surface area is 150 Å². The third-order valence-electron chi connectivity index (χ3n) is 3.87. The summed E-state index contributed by atoms with van der Waals surface area (Å²) >= 11 is 0. The van der Waals surface area contributed by atoms with Crippen molar-refractivity contribution in [1.82, 2.24) is 15.5 Å². The molecule has 1 aromatic rings. The minimum Gasteiger partial charge on any atom is -0.392 e. The first-order chi connectivity index (χ1) is 10.1. The van der Waals surface area contributed by atoms with Crippen molar-refractivity contribution in [3.8, 4) is 0 Å². The maximum atomic E-state index is 12.0. The van der Waals surface area contributed by atoms with Crippen LogP contribution in [0.5, 0.6) is 0 Å². The van der Waals surface area contributed by atoms with Crippen molar-refractivity contribution in [1.29, 1.82) is 0 Å². The summed E-state index contributed by atoms with van der Waals surface area (Å²) < 4.78 is 0. The molecule has 2 rings (SSSR count). The lowest BCUT2D eigenvalue weighted by atomic mass is 10.1. The highest BCUT2D eigenvalue weighted by Gasteiger charge is 2.27. The molecule has 1 fully saturated rings. The molecule has 1 saturated heterocycles. The van der Waals surface area contributed by atoms with Crippen molar-refractivity contribution in [3.63, 3.8) is 0 Å². The van der Waals surface area contributed by atoms with Crippen molar-refractivity contribution in [2.45, 2.75) is 38.6 Å². The minimum atomic E-state index is -0.409. The van der Waals surface area contributed by atoms with Crippen molar-refractivity contribution >= 4 is 30.7 Å². The number of β-amino-alcohol motifs (C(OH)–C–C–N with tert-alkyl or cyclic N) is 1. The number of halogens is 2. The van der Waals surface area contributed by atoms with Crippen molar-refractivity contribution in [2.75, 3.05) is 20.1 Å². The van der Waals surface area contributed by atoms with E-state index >= 15 is 0 Å². The fourth-order valence-electron chi connectivity index (χ4n) is 2.49. The van der Waals surface area contributed by atoms with Gasteiger partial charge in [-0.25, -0.2) is 0 Å². The molecule has 5 nitrogen and oxygen atoms in total. The molecule has 132 valence electrons. The predicted octanol–water partition coefficient (Wildman–Crippen LogP) is 1.32. The predicted molar refractivity (Wildman–Crippen MR) is 97.2 cm³/mol. The summed E-state index contributed by atoms with van der Waals surface area (Å²) in [4.78, 5) is 14.2. The normalized spacial score (nSPS) is 19.8. The fourth-order valence-corrected chi connectivity index (χ4v) is 2.49. The van der Waals surface area contributed by atoms with Gasteiger partial charge in [0.05, 0.1) is 12.1 Å². The molecule has 1 amide bonds. The standard InChI is InChI=1S/C16H25N3O2.2ClH/c1-3-19(2)11-13-6-4-5-12(7-13)9-18-16(21)15-8-14(20)10-17-15;;/h4-7,14-15,17,20H,3,8-11H2,1-2H3,(H,18,21);2*1H. The largest absolute Gasteiger partial charge is 0.392 e. The molecule has 7 heteroatoms. The number of nitrogens with zero attached hydrogens (tertiary/aromatic N) is 1. The SMILES string of the molecule is CCN(C)Cc1cccc(CNC(=O)C2CC(O)CN2)c1.Cl.Cl. The Morgan fingerprint density at radius 3 is 2.70 bits per heavy atom. The van der Waals surface area contributed by atoms with Crippen LogP contribution in [0, 0.1) is 0 Å². The molecule has 1 aliphatic heterocycles. The molecule has 2 unspecified atom stereocenters. The summed E-state index contributed by atoms with van der Waals surface area (Å²) in [5.41, 5.74) is 2.35. The molecule has 0 saturated carbocycles. The van der Waals surface area contributed by atoms with Crippen molar-refractivity contribution in [2.24, 2.45) is 0 Å². The molecule has 0 radical (unpaired) electrons. The molecule has 0 bridgehead atoms. The quantitative estimate of drug-likeness (QED) is 0.713. The first-order valence-corrected chi connectivity index (χ1v) is 7.54. The van der Waals surface area contributed by atoms with E-state index < -0.39 is 6.10 Å². The van der Waals surface area contributed by atoms with Crippen LogP contribution in [0.1, 0.15) is 24.5 Å². The van der Waals surface area contributed by atoms with E-state index in [0.29, 0.717) is 19.5 Å². The van der Waals surface area contributed by atoms with E-state index in [2.05, 4.69) is 41.6 Å². The first kappa shape index (κ1) is 22.1. The van der Waals surface area contributed by atoms with Gasteiger partial charge in [0.15, 0.2) is 0 Å². The zero-order valence-corrected chi connectivity index (χ0v) is 15.3. The van der Waals surface area contributed by atoms with Gasteiger partial charge in [-0.05, 0) is 31.1 Å². The summed E-state index contributed by atoms with van der Waals surface area (Å²) in [5.74, 6) is -0.0392. The average Bonchev–Trinajstić information content (AvgIpc) is 2.91. The molecular formula is C16H27Cl2N3O2. The molecule has 3 N–H and O–H groups in total. The molecule has 23 heavy (non-hydrogen) atoms. The Morgan fingerprint density at radius 1 is 1.39 bits per heavy atom. The summed E-state index contributed by atoms with van der Waals surface area (Å²) in [6, 6.07) is 8.01. The third-order valence-corrected chi connectivity index (χ3v) is 3.87. The topological polar surface area (TPSA) is 64.6 Å². The van der Waals surface area contributed by atoms with E-state index in [0.717, 1.165) is 18.7 Å². The zero-order valence-electron chi connectivity index (χ0n) is 13.6. The lowest BCUT2D eigenvalue weighted by Crippen LogP contribution is -2.40. The van der Waals surface area contributed by atoms with E-state index in [1.54, 1.807) is 0 Å². The number of hydrogen-bond acceptors (Lipinski definition) is 4. The van der Waals surface area contributed by atoms with Crippen LogP contribution in [0.4, 0.5) is 0 Å². The van der Waals surface area contributed by atoms with Gasteiger partial charge >= 0.3 is 0 Å². The lowest BCUT2D eigenvalue weighted by molar-refractivity contribution is -0.123. The number of hydrogen-bond donors (Lipinski definition) is 3. The van der Waals surface area contributed by atoms with Crippen molar-refractivity contribution in [3.05, 3.63) is 35.4 Å². The number of benzene rings is 1. The molecule has 0 aromatic heterocycles. The van der Waals surface area contributed by atoms with Gasteiger partial charge in [0.1, 0.15) is 0 Å². The highest BCUT2D eigenvalue weighted by molar-refractivity contribution is 5.85. The van der Waals surface area contributed by atoms with Gasteiger partial charge in [-0.2, -0.15) is 0 Å². The second kappa shape index (κ2) is 10.8. The Bertz CT molecular complexity index is 488. The van der Waals surface area contributed by atoms with Crippen molar-refractivity contribution < 1.29 is 9.90 Å². The Morgan fingerprint density at radius 2 is 2.09 bits per heavy atom. The Balaban J connectivity index is 0.00000242. The first-order valence-electron chi connectivity index (χ1n) is 7.54. The van der Waals surface area contributed by atoms with E-state index in [9.17, 15) is 9.90 Å². The van der Waals surface area contributed by atoms with Gasteiger partial charge in [-0.1, -0.05) is 31.2 Å². The number of amides is 1. The van der Waals surface area contributed by atoms with Gasteiger partial charge in [0, 0.05) is 19.6 Å². The summed E-state index contributed by atoms with van der Waals surface area (Å²) in [5, 5.41) is 15.4. The molecule has 2 atom stereocenters. The molecule has 1 aromatic carbocycles. The molecular weight excluding hydrogens is 337 g/mol. The van der Waals surface area contributed by atoms with E-state index in [1.165, 1.54) is 5.56 Å². The summed E-state index contributed by atoms with van der Waals surface area (Å²) in [7, 11) is 2.09. The van der Waals surface area contributed by atoms with Crippen LogP contribution in [0.3, 0.4) is 0 Å². The average molecular weight is 364 g/mol. The van der Waals surface area contributed by atoms with E-state index in [-0.39, 0.29) is 36.8 Å². The summed E-state index contributed by atoms with van der Waals surface area (Å²) in [6.45, 7) is 5.08. The van der Waals surface area contributed by atoms with E-state index in [4.69, 9.17) is 0 Å². The number of aliphatic hydroxyl groups excluding tert-OH is 1. The van der Waals surface area contributed by atoms with Crippen LogP contribution < -0.4 is 10.6 Å². The van der Waals surface area contributed by atoms with Crippen LogP contribution in [-0.4, -0.2) is 48.2 Å². The van der Waals surface area contributed by atoms with Crippen LogP contribution in [0.2, 0.25) is 0 Å². The van der Waals surface area contributed by atoms with Gasteiger partial charge in [-0.3, -0.25) is 4.79 Å². The second-order valence-corrected chi connectivity index (χ2v) is 5.72. The van der Waals surface area contributed by atoms with Crippen LogP contribution in [0.25, 0.3) is 0 Å². The van der Waals surface area contributed by atoms with Gasteiger partial charge in [-0.15, -0.1) is 24.8 Å². The smallest absolute Gasteiger partial charge is 0.237 e. The van der Waals surface area contributed by atoms with Gasteiger partial charge in [0.2, 0.25) is 5.91 Å². The Kier molecular flexibility index (Phi) is 10.4. The highest BCUT2D eigenvalue weighted by Crippen LogP contribution is 2.09. The number of aliphatic hydroxyl groups is 1. The fraction of sp³-hybridized carbons (Fsp3) is 0.562. The van der Waals surface area contributed by atoms with Crippen LogP contribution >= 0.6 is 24.8 Å². The van der Waals surface area contributed by atoms with Gasteiger partial charge in [0.25, 0.3) is 0 Å². The third kappa shape index (κ3) is 7.06. The number of rotatable bonds is 6.